The summed E-state index contributed by atoms with van der Waals surface area (Å²) in [6.45, 7) is 2.74. The molecular weight excluding hydrogens is 268 g/mol. The Morgan fingerprint density at radius 3 is 2.76 bits per heavy atom. The molecule has 1 atom stereocenters. The van der Waals surface area contributed by atoms with E-state index < -0.39 is 0 Å². The zero-order chi connectivity index (χ0) is 15.1. The summed E-state index contributed by atoms with van der Waals surface area (Å²) in [6.07, 6.45) is 2.83. The second-order valence-electron chi connectivity index (χ2n) is 5.37. The number of nitrogens with two attached hydrogens (primary N) is 1. The molecule has 116 valence electrons. The maximum atomic E-state index is 12.4. The topological polar surface area (TPSA) is 64.8 Å². The van der Waals surface area contributed by atoms with Gasteiger partial charge in [-0.2, -0.15) is 0 Å². The zero-order valence-electron chi connectivity index (χ0n) is 12.6. The van der Waals surface area contributed by atoms with E-state index in [-0.39, 0.29) is 11.9 Å². The second-order valence-corrected chi connectivity index (χ2v) is 5.37. The number of ether oxygens (including phenoxy) is 2. The number of likely N-dealkylation sites (tertiary alicyclic amines) is 1. The first-order chi connectivity index (χ1) is 10.2. The Morgan fingerprint density at radius 1 is 1.33 bits per heavy atom. The number of carbonyl (C=O) groups is 1. The lowest BCUT2D eigenvalue weighted by Gasteiger charge is -2.30. The molecule has 1 fully saturated rings. The van der Waals surface area contributed by atoms with E-state index in [0.29, 0.717) is 25.3 Å². The maximum Gasteiger partial charge on any atom is 0.253 e. The van der Waals surface area contributed by atoms with E-state index in [9.17, 15) is 4.79 Å². The first-order valence-corrected chi connectivity index (χ1v) is 7.47. The van der Waals surface area contributed by atoms with Gasteiger partial charge in [0.15, 0.2) is 0 Å². The minimum atomic E-state index is 0.0519. The van der Waals surface area contributed by atoms with Crippen molar-refractivity contribution in [1.29, 1.82) is 0 Å². The van der Waals surface area contributed by atoms with E-state index >= 15 is 0 Å². The van der Waals surface area contributed by atoms with Gasteiger partial charge in [-0.3, -0.25) is 4.79 Å². The summed E-state index contributed by atoms with van der Waals surface area (Å²) >= 11 is 0. The first kappa shape index (κ1) is 15.8. The molecule has 1 heterocycles. The van der Waals surface area contributed by atoms with Crippen molar-refractivity contribution in [2.45, 2.75) is 25.3 Å². The number of benzene rings is 1. The fourth-order valence-corrected chi connectivity index (χ4v) is 2.46. The third-order valence-electron chi connectivity index (χ3n) is 3.61. The lowest BCUT2D eigenvalue weighted by atomic mass is 10.1. The van der Waals surface area contributed by atoms with E-state index in [1.54, 1.807) is 7.11 Å². The predicted octanol–water partition coefficient (Wildman–Crippen LogP) is 1.67. The largest absolute Gasteiger partial charge is 0.494 e. The third kappa shape index (κ3) is 4.72. The minimum absolute atomic E-state index is 0.0519. The Labute approximate surface area is 126 Å². The molecule has 2 rings (SSSR count). The van der Waals surface area contributed by atoms with E-state index in [4.69, 9.17) is 15.2 Å². The lowest BCUT2D eigenvalue weighted by Crippen LogP contribution is -2.45. The van der Waals surface area contributed by atoms with Gasteiger partial charge in [0.1, 0.15) is 5.75 Å². The van der Waals surface area contributed by atoms with Crippen LogP contribution in [0.3, 0.4) is 0 Å². The van der Waals surface area contributed by atoms with Crippen LogP contribution in [0.1, 0.15) is 29.6 Å². The molecule has 0 bridgehead atoms. The molecule has 1 aliphatic rings. The fourth-order valence-electron chi connectivity index (χ4n) is 2.46. The van der Waals surface area contributed by atoms with Crippen molar-refractivity contribution in [3.8, 4) is 5.75 Å². The van der Waals surface area contributed by atoms with Crippen molar-refractivity contribution in [2.75, 3.05) is 33.4 Å². The summed E-state index contributed by atoms with van der Waals surface area (Å²) in [4.78, 5) is 14.2. The average Bonchev–Trinajstić information content (AvgIpc) is 2.51. The zero-order valence-corrected chi connectivity index (χ0v) is 12.6. The summed E-state index contributed by atoms with van der Waals surface area (Å²) in [7, 11) is 1.67. The molecule has 5 nitrogen and oxygen atoms in total. The second kappa shape index (κ2) is 8.00. The monoisotopic (exact) mass is 292 g/mol. The molecule has 1 aliphatic heterocycles. The Morgan fingerprint density at radius 2 is 2.10 bits per heavy atom. The molecule has 1 unspecified atom stereocenters. The molecule has 1 aromatic carbocycles. The Balaban J connectivity index is 1.87. The molecule has 1 aromatic rings. The van der Waals surface area contributed by atoms with Crippen molar-refractivity contribution in [2.24, 2.45) is 5.73 Å². The average molecular weight is 292 g/mol. The number of amides is 1. The Hall–Kier alpha value is -1.59. The fraction of sp³-hybridized carbons (Fsp3) is 0.562. The summed E-state index contributed by atoms with van der Waals surface area (Å²) in [6, 6.07) is 7.40. The first-order valence-electron chi connectivity index (χ1n) is 7.47. The van der Waals surface area contributed by atoms with Crippen LogP contribution in [0.5, 0.6) is 5.75 Å². The minimum Gasteiger partial charge on any atom is -0.494 e. The molecule has 0 aromatic heterocycles. The molecule has 1 amide bonds. The van der Waals surface area contributed by atoms with E-state index in [2.05, 4.69) is 0 Å². The van der Waals surface area contributed by atoms with Crippen LogP contribution in [0.2, 0.25) is 0 Å². The van der Waals surface area contributed by atoms with Crippen LogP contribution in [0.4, 0.5) is 0 Å². The van der Waals surface area contributed by atoms with Gasteiger partial charge in [0, 0.05) is 44.8 Å². The van der Waals surface area contributed by atoms with Crippen molar-refractivity contribution in [3.63, 3.8) is 0 Å². The van der Waals surface area contributed by atoms with Crippen LogP contribution in [0.25, 0.3) is 0 Å². The molecule has 0 saturated carbocycles. The highest BCUT2D eigenvalue weighted by atomic mass is 16.5. The van der Waals surface area contributed by atoms with Crippen LogP contribution in [-0.4, -0.2) is 50.3 Å². The standard InChI is InChI=1S/C16H24N2O3/c1-20-10-3-11-21-15-7-5-13(6-8-15)16(19)18-9-2-4-14(17)12-18/h5-8,14H,2-4,9-12,17H2,1H3. The van der Waals surface area contributed by atoms with E-state index in [1.165, 1.54) is 0 Å². The number of nitrogens with zero attached hydrogens (tertiary/aromatic N) is 1. The van der Waals surface area contributed by atoms with Crippen molar-refractivity contribution in [1.82, 2.24) is 4.90 Å². The molecule has 0 aliphatic carbocycles. The molecule has 2 N–H and O–H groups in total. The maximum absolute atomic E-state index is 12.4. The summed E-state index contributed by atoms with van der Waals surface area (Å²) < 4.78 is 10.5. The van der Waals surface area contributed by atoms with Gasteiger partial charge in [-0.25, -0.2) is 0 Å². The predicted molar refractivity (Wildman–Crippen MR) is 81.5 cm³/mol. The quantitative estimate of drug-likeness (QED) is 0.810. The Bertz CT molecular complexity index is 447. The van der Waals surface area contributed by atoms with Gasteiger partial charge >= 0.3 is 0 Å². The number of hydrogen-bond donors (Lipinski definition) is 1. The third-order valence-corrected chi connectivity index (χ3v) is 3.61. The molecule has 21 heavy (non-hydrogen) atoms. The molecular formula is C16H24N2O3. The van der Waals surface area contributed by atoms with E-state index in [0.717, 1.165) is 31.6 Å². The van der Waals surface area contributed by atoms with Crippen LogP contribution < -0.4 is 10.5 Å². The summed E-state index contributed by atoms with van der Waals surface area (Å²) in [5.74, 6) is 0.828. The van der Waals surface area contributed by atoms with Crippen LogP contribution in [-0.2, 0) is 4.74 Å². The van der Waals surface area contributed by atoms with Crippen molar-refractivity contribution < 1.29 is 14.3 Å². The molecule has 5 heteroatoms. The summed E-state index contributed by atoms with van der Waals surface area (Å²) in [5, 5.41) is 0. The van der Waals surface area contributed by atoms with Gasteiger partial charge in [-0.05, 0) is 37.1 Å². The van der Waals surface area contributed by atoms with Crippen LogP contribution in [0.15, 0.2) is 24.3 Å². The van der Waals surface area contributed by atoms with Crippen LogP contribution >= 0.6 is 0 Å². The highest BCUT2D eigenvalue weighted by Crippen LogP contribution is 2.16. The normalized spacial score (nSPS) is 18.6. The smallest absolute Gasteiger partial charge is 0.253 e. The number of piperidine rings is 1. The molecule has 0 radical (unpaired) electrons. The van der Waals surface area contributed by atoms with Crippen molar-refractivity contribution in [3.05, 3.63) is 29.8 Å². The molecule has 0 spiro atoms. The van der Waals surface area contributed by atoms with Gasteiger partial charge in [0.05, 0.1) is 6.61 Å². The van der Waals surface area contributed by atoms with Gasteiger partial charge in [-0.15, -0.1) is 0 Å². The number of rotatable bonds is 6. The number of carbonyl (C=O) groups excluding carboxylic acids is 1. The highest BCUT2D eigenvalue weighted by molar-refractivity contribution is 5.94. The number of methoxy groups -OCH3 is 1. The van der Waals surface area contributed by atoms with E-state index in [1.807, 2.05) is 29.2 Å². The SMILES string of the molecule is COCCCOc1ccc(C(=O)N2CCCC(N)C2)cc1. The van der Waals surface area contributed by atoms with Gasteiger partial charge in [-0.1, -0.05) is 0 Å². The molecule has 1 saturated heterocycles. The van der Waals surface area contributed by atoms with Gasteiger partial charge in [0.2, 0.25) is 0 Å². The highest BCUT2D eigenvalue weighted by Gasteiger charge is 2.22. The van der Waals surface area contributed by atoms with Crippen LogP contribution in [0, 0.1) is 0 Å². The van der Waals surface area contributed by atoms with Crippen molar-refractivity contribution >= 4 is 5.91 Å². The van der Waals surface area contributed by atoms with Gasteiger partial charge < -0.3 is 20.1 Å². The lowest BCUT2D eigenvalue weighted by molar-refractivity contribution is 0.0709. The summed E-state index contributed by atoms with van der Waals surface area (Å²) in [5.41, 5.74) is 6.61. The Kier molecular flexibility index (Phi) is 6.02. The number of hydrogen-bond acceptors (Lipinski definition) is 4. The van der Waals surface area contributed by atoms with Gasteiger partial charge in [0.25, 0.3) is 5.91 Å².